The lowest BCUT2D eigenvalue weighted by molar-refractivity contribution is -0.208. The van der Waals surface area contributed by atoms with E-state index in [4.69, 9.17) is 23.5 Å². The molecule has 3 unspecified atom stereocenters. The molecule has 0 radical (unpaired) electrons. The largest absolute Gasteiger partial charge is 0.466 e. The third kappa shape index (κ3) is 9.30. The van der Waals surface area contributed by atoms with Gasteiger partial charge in [-0.2, -0.15) is 8.42 Å². The standard InChI is InChI=1S/C20H33NO6.CH4O3S/c1-3-24-18(22)13-21-15-9-14(20(23)25-4-2)10-16(21)12-17(11-15)27-19-7-5-6-8-26-19;1-5(2,3)4/h14-17,19H,3-13H2,1-2H3;1H3,(H,2,3,4). The van der Waals surface area contributed by atoms with E-state index < -0.39 is 10.1 Å². The van der Waals surface area contributed by atoms with E-state index in [9.17, 15) is 18.0 Å². The monoisotopic (exact) mass is 479 g/mol. The molecule has 186 valence electrons. The smallest absolute Gasteiger partial charge is 0.320 e. The quantitative estimate of drug-likeness (QED) is 0.426. The number of rotatable bonds is 7. The minimum atomic E-state index is -3.67. The van der Waals surface area contributed by atoms with Gasteiger partial charge in [0.25, 0.3) is 10.1 Å². The highest BCUT2D eigenvalue weighted by atomic mass is 32.2. The summed E-state index contributed by atoms with van der Waals surface area (Å²) in [6.07, 6.45) is 6.95. The summed E-state index contributed by atoms with van der Waals surface area (Å²) < 4.78 is 48.2. The van der Waals surface area contributed by atoms with Gasteiger partial charge >= 0.3 is 11.9 Å². The van der Waals surface area contributed by atoms with E-state index in [1.54, 1.807) is 0 Å². The topological polar surface area (TPSA) is 129 Å². The molecule has 3 saturated heterocycles. The summed E-state index contributed by atoms with van der Waals surface area (Å²) in [7, 11) is -3.67. The van der Waals surface area contributed by atoms with Crippen LogP contribution in [0.3, 0.4) is 0 Å². The van der Waals surface area contributed by atoms with Gasteiger partial charge in [0, 0.05) is 18.7 Å². The molecule has 32 heavy (non-hydrogen) atoms. The van der Waals surface area contributed by atoms with Crippen molar-refractivity contribution in [2.75, 3.05) is 32.6 Å². The molecule has 3 aliphatic rings. The molecule has 3 aliphatic heterocycles. The van der Waals surface area contributed by atoms with Gasteiger partial charge in [-0.3, -0.25) is 19.0 Å². The van der Waals surface area contributed by atoms with E-state index in [2.05, 4.69) is 4.90 Å². The van der Waals surface area contributed by atoms with Gasteiger partial charge in [-0.05, 0) is 58.8 Å². The third-order valence-corrected chi connectivity index (χ3v) is 5.84. The molecule has 0 aromatic heterocycles. The lowest BCUT2D eigenvalue weighted by atomic mass is 9.77. The Morgan fingerprint density at radius 2 is 1.62 bits per heavy atom. The molecule has 2 bridgehead atoms. The van der Waals surface area contributed by atoms with Gasteiger partial charge < -0.3 is 18.9 Å². The summed E-state index contributed by atoms with van der Waals surface area (Å²) >= 11 is 0. The Kier molecular flexibility index (Phi) is 10.8. The number of hydrogen-bond acceptors (Lipinski definition) is 9. The van der Waals surface area contributed by atoms with E-state index in [0.29, 0.717) is 32.3 Å². The molecule has 3 rings (SSSR count). The number of carbonyl (C=O) groups excluding carboxylic acids is 2. The Labute approximate surface area is 190 Å². The molecule has 11 heteroatoms. The molecule has 0 spiro atoms. The Morgan fingerprint density at radius 3 is 2.12 bits per heavy atom. The van der Waals surface area contributed by atoms with Crippen LogP contribution in [0.1, 0.15) is 58.8 Å². The zero-order chi connectivity index (χ0) is 23.7. The Bertz CT molecular complexity index is 684. The number of carbonyl (C=O) groups is 2. The average Bonchev–Trinajstić information content (AvgIpc) is 2.68. The molecular formula is C21H37NO9S. The van der Waals surface area contributed by atoms with Crippen LogP contribution >= 0.6 is 0 Å². The van der Waals surface area contributed by atoms with Crippen LogP contribution in [-0.4, -0.2) is 86.9 Å². The van der Waals surface area contributed by atoms with Gasteiger partial charge in [0.2, 0.25) is 0 Å². The van der Waals surface area contributed by atoms with Crippen molar-refractivity contribution in [2.24, 2.45) is 5.92 Å². The second-order valence-electron chi connectivity index (χ2n) is 8.46. The molecule has 10 nitrogen and oxygen atoms in total. The molecule has 0 saturated carbocycles. The molecule has 0 aromatic carbocycles. The maximum Gasteiger partial charge on any atom is 0.320 e. The van der Waals surface area contributed by atoms with Gasteiger partial charge in [0.05, 0.1) is 38.0 Å². The number of nitrogens with zero attached hydrogens (tertiary/aromatic N) is 1. The predicted molar refractivity (Wildman–Crippen MR) is 115 cm³/mol. The Balaban J connectivity index is 0.000000654. The molecule has 0 aromatic rings. The fourth-order valence-corrected chi connectivity index (χ4v) is 4.70. The summed E-state index contributed by atoms with van der Waals surface area (Å²) in [5.41, 5.74) is 0. The summed E-state index contributed by atoms with van der Waals surface area (Å²) in [4.78, 5) is 26.5. The highest BCUT2D eigenvalue weighted by Crippen LogP contribution is 2.39. The van der Waals surface area contributed by atoms with Crippen LogP contribution in [0, 0.1) is 5.92 Å². The number of hydrogen-bond donors (Lipinski definition) is 1. The highest BCUT2D eigenvalue weighted by Gasteiger charge is 2.45. The highest BCUT2D eigenvalue weighted by molar-refractivity contribution is 7.85. The lowest BCUT2D eigenvalue weighted by Crippen LogP contribution is -2.58. The Morgan fingerprint density at radius 1 is 1.03 bits per heavy atom. The number of fused-ring (bicyclic) bond motifs is 2. The van der Waals surface area contributed by atoms with Gasteiger partial charge in [-0.25, -0.2) is 0 Å². The van der Waals surface area contributed by atoms with Crippen LogP contribution in [0.5, 0.6) is 0 Å². The van der Waals surface area contributed by atoms with Crippen LogP contribution in [0.2, 0.25) is 0 Å². The zero-order valence-corrected chi connectivity index (χ0v) is 20.1. The van der Waals surface area contributed by atoms with Crippen LogP contribution in [0.15, 0.2) is 0 Å². The number of esters is 2. The van der Waals surface area contributed by atoms with Crippen molar-refractivity contribution < 1.29 is 41.5 Å². The van der Waals surface area contributed by atoms with E-state index >= 15 is 0 Å². The van der Waals surface area contributed by atoms with Crippen molar-refractivity contribution >= 4 is 22.1 Å². The van der Waals surface area contributed by atoms with E-state index in [1.807, 2.05) is 13.8 Å². The molecule has 3 atom stereocenters. The van der Waals surface area contributed by atoms with Crippen LogP contribution in [0.4, 0.5) is 0 Å². The fourth-order valence-electron chi connectivity index (χ4n) is 4.70. The second kappa shape index (κ2) is 12.8. The number of ether oxygens (including phenoxy) is 4. The Hall–Kier alpha value is -1.27. The zero-order valence-electron chi connectivity index (χ0n) is 19.2. The normalized spacial score (nSPS) is 30.6. The lowest BCUT2D eigenvalue weighted by Gasteiger charge is -2.50. The van der Waals surface area contributed by atoms with Crippen molar-refractivity contribution in [1.82, 2.24) is 4.90 Å². The predicted octanol–water partition coefficient (Wildman–Crippen LogP) is 1.77. The molecule has 1 N–H and O–H groups in total. The van der Waals surface area contributed by atoms with Crippen LogP contribution < -0.4 is 0 Å². The first-order chi connectivity index (χ1) is 15.1. The van der Waals surface area contributed by atoms with E-state index in [0.717, 1.165) is 38.7 Å². The van der Waals surface area contributed by atoms with Gasteiger partial charge in [-0.15, -0.1) is 0 Å². The second-order valence-corrected chi connectivity index (χ2v) is 9.93. The van der Waals surface area contributed by atoms with Gasteiger partial charge in [-0.1, -0.05) is 0 Å². The molecule has 0 amide bonds. The maximum absolute atomic E-state index is 12.3. The van der Waals surface area contributed by atoms with E-state index in [1.165, 1.54) is 0 Å². The molecular weight excluding hydrogens is 442 g/mol. The van der Waals surface area contributed by atoms with Crippen molar-refractivity contribution in [3.63, 3.8) is 0 Å². The van der Waals surface area contributed by atoms with Crippen molar-refractivity contribution in [3.8, 4) is 0 Å². The number of piperidine rings is 2. The van der Waals surface area contributed by atoms with Gasteiger partial charge in [0.1, 0.15) is 0 Å². The summed E-state index contributed by atoms with van der Waals surface area (Å²) in [5.74, 6) is -0.402. The summed E-state index contributed by atoms with van der Waals surface area (Å²) in [6, 6.07) is 0.259. The fraction of sp³-hybridized carbons (Fsp3) is 0.905. The SMILES string of the molecule is CCOC(=O)CN1C2CC(OC3CCCCO3)CC1CC(C(=O)OCC)C2.CS(=O)(=O)O. The minimum Gasteiger partial charge on any atom is -0.466 e. The minimum absolute atomic E-state index is 0.0923. The molecule has 3 fully saturated rings. The molecule has 3 heterocycles. The van der Waals surface area contributed by atoms with E-state index in [-0.39, 0.29) is 48.9 Å². The van der Waals surface area contributed by atoms with Crippen molar-refractivity contribution in [1.29, 1.82) is 0 Å². The summed E-state index contributed by atoms with van der Waals surface area (Å²) in [5, 5.41) is 0. The third-order valence-electron chi connectivity index (χ3n) is 5.84. The summed E-state index contributed by atoms with van der Waals surface area (Å²) in [6.45, 7) is 5.50. The average molecular weight is 480 g/mol. The first kappa shape index (κ1) is 27.0. The molecule has 0 aliphatic carbocycles. The first-order valence-electron chi connectivity index (χ1n) is 11.4. The van der Waals surface area contributed by atoms with Crippen LogP contribution in [-0.2, 0) is 38.7 Å². The van der Waals surface area contributed by atoms with Crippen molar-refractivity contribution in [2.45, 2.75) is 83.3 Å². The maximum atomic E-state index is 12.3. The first-order valence-corrected chi connectivity index (χ1v) is 13.2. The van der Waals surface area contributed by atoms with Crippen LogP contribution in [0.25, 0.3) is 0 Å². The van der Waals surface area contributed by atoms with Gasteiger partial charge in [0.15, 0.2) is 6.29 Å². The van der Waals surface area contributed by atoms with Crippen molar-refractivity contribution in [3.05, 3.63) is 0 Å².